The molecule has 1 aromatic carbocycles. The summed E-state index contributed by atoms with van der Waals surface area (Å²) in [5.74, 6) is 1.22. The quantitative estimate of drug-likeness (QED) is 0.589. The summed E-state index contributed by atoms with van der Waals surface area (Å²) in [6.07, 6.45) is 1.86. The van der Waals surface area contributed by atoms with Crippen LogP contribution in [0, 0.1) is 5.92 Å². The third-order valence-electron chi connectivity index (χ3n) is 3.18. The van der Waals surface area contributed by atoms with E-state index < -0.39 is 0 Å². The van der Waals surface area contributed by atoms with Crippen LogP contribution >= 0.6 is 0 Å². The van der Waals surface area contributed by atoms with Gasteiger partial charge >= 0.3 is 0 Å². The first kappa shape index (κ1) is 12.7. The van der Waals surface area contributed by atoms with E-state index in [4.69, 9.17) is 10.8 Å². The van der Waals surface area contributed by atoms with Crippen molar-refractivity contribution in [2.45, 2.75) is 19.8 Å². The second-order valence-electron chi connectivity index (χ2n) is 4.53. The molecule has 1 atom stereocenters. The number of aliphatic hydroxyl groups excluding tert-OH is 1. The predicted octanol–water partition coefficient (Wildman–Crippen LogP) is 1.97. The fourth-order valence-corrected chi connectivity index (χ4v) is 1.99. The summed E-state index contributed by atoms with van der Waals surface area (Å²) in [6.45, 7) is 3.17. The normalized spacial score (nSPS) is 12.8. The average molecular weight is 248 g/mol. The molecule has 0 saturated heterocycles. The zero-order chi connectivity index (χ0) is 13.0. The predicted molar refractivity (Wildman–Crippen MR) is 74.5 cm³/mol. The first-order chi connectivity index (χ1) is 8.72. The molecule has 2 rings (SSSR count). The molecule has 1 aromatic heterocycles. The Hall–Kier alpha value is -1.75. The van der Waals surface area contributed by atoms with Gasteiger partial charge in [0.05, 0.1) is 11.0 Å². The fourth-order valence-electron chi connectivity index (χ4n) is 1.99. The van der Waals surface area contributed by atoms with Gasteiger partial charge in [0.15, 0.2) is 0 Å². The summed E-state index contributed by atoms with van der Waals surface area (Å²) in [6, 6.07) is 5.61. The summed E-state index contributed by atoms with van der Waals surface area (Å²) in [7, 11) is 0. The highest BCUT2D eigenvalue weighted by molar-refractivity contribution is 5.80. The van der Waals surface area contributed by atoms with E-state index in [0.29, 0.717) is 5.92 Å². The van der Waals surface area contributed by atoms with Crippen LogP contribution in [0.15, 0.2) is 18.2 Å². The molecule has 5 nitrogen and oxygen atoms in total. The Balaban J connectivity index is 2.03. The van der Waals surface area contributed by atoms with Crippen LogP contribution in [0.4, 0.5) is 11.6 Å². The summed E-state index contributed by atoms with van der Waals surface area (Å²) in [4.78, 5) is 7.63. The SMILES string of the molecule is CCC(CCO)CNc1nc2ccc(N)cc2[nH]1. The molecule has 5 heteroatoms. The second-order valence-corrected chi connectivity index (χ2v) is 4.53. The number of H-pyrrole nitrogens is 1. The highest BCUT2D eigenvalue weighted by Gasteiger charge is 2.07. The van der Waals surface area contributed by atoms with Crippen molar-refractivity contribution in [3.8, 4) is 0 Å². The molecule has 0 amide bonds. The van der Waals surface area contributed by atoms with Gasteiger partial charge in [0.25, 0.3) is 0 Å². The van der Waals surface area contributed by atoms with E-state index in [2.05, 4.69) is 22.2 Å². The molecule has 0 aliphatic carbocycles. The number of aromatic nitrogens is 2. The third kappa shape index (κ3) is 2.92. The number of hydrogen-bond acceptors (Lipinski definition) is 4. The number of nitrogen functional groups attached to an aromatic ring is 1. The highest BCUT2D eigenvalue weighted by Crippen LogP contribution is 2.17. The Kier molecular flexibility index (Phi) is 4.04. The number of nitrogens with zero attached hydrogens (tertiary/aromatic N) is 1. The molecular weight excluding hydrogens is 228 g/mol. The molecule has 0 bridgehead atoms. The van der Waals surface area contributed by atoms with Crippen LogP contribution in [-0.4, -0.2) is 28.2 Å². The van der Waals surface area contributed by atoms with Gasteiger partial charge in [-0.15, -0.1) is 0 Å². The highest BCUT2D eigenvalue weighted by atomic mass is 16.3. The maximum absolute atomic E-state index is 8.94. The van der Waals surface area contributed by atoms with Crippen LogP contribution in [0.2, 0.25) is 0 Å². The molecule has 0 spiro atoms. The first-order valence-electron chi connectivity index (χ1n) is 6.33. The lowest BCUT2D eigenvalue weighted by molar-refractivity contribution is 0.258. The van der Waals surface area contributed by atoms with Crippen molar-refractivity contribution in [2.75, 3.05) is 24.2 Å². The molecule has 1 heterocycles. The number of aliphatic hydroxyl groups is 1. The summed E-state index contributed by atoms with van der Waals surface area (Å²) in [5, 5.41) is 12.2. The van der Waals surface area contributed by atoms with Crippen molar-refractivity contribution < 1.29 is 5.11 Å². The van der Waals surface area contributed by atoms with E-state index in [1.165, 1.54) is 0 Å². The van der Waals surface area contributed by atoms with Gasteiger partial charge < -0.3 is 21.1 Å². The van der Waals surface area contributed by atoms with E-state index in [-0.39, 0.29) is 6.61 Å². The van der Waals surface area contributed by atoms with Gasteiger partial charge in [-0.25, -0.2) is 4.98 Å². The van der Waals surface area contributed by atoms with Crippen molar-refractivity contribution in [1.82, 2.24) is 9.97 Å². The van der Waals surface area contributed by atoms with Gasteiger partial charge in [-0.1, -0.05) is 13.3 Å². The zero-order valence-corrected chi connectivity index (χ0v) is 10.6. The lowest BCUT2D eigenvalue weighted by atomic mass is 10.0. The number of imidazole rings is 1. The Morgan fingerprint density at radius 2 is 2.33 bits per heavy atom. The summed E-state index contributed by atoms with van der Waals surface area (Å²) in [5.41, 5.74) is 8.29. The maximum Gasteiger partial charge on any atom is 0.201 e. The van der Waals surface area contributed by atoms with Crippen molar-refractivity contribution >= 4 is 22.7 Å². The summed E-state index contributed by atoms with van der Waals surface area (Å²) < 4.78 is 0. The van der Waals surface area contributed by atoms with E-state index in [1.54, 1.807) is 0 Å². The number of anilines is 2. The second kappa shape index (κ2) is 5.73. The number of fused-ring (bicyclic) bond motifs is 1. The number of rotatable bonds is 6. The van der Waals surface area contributed by atoms with Gasteiger partial charge in [-0.3, -0.25) is 0 Å². The maximum atomic E-state index is 8.94. The standard InChI is InChI=1S/C13H20N4O/c1-2-9(5-6-18)8-15-13-16-11-4-3-10(14)7-12(11)17-13/h3-4,7,9,18H,2,5-6,8,14H2,1H3,(H2,15,16,17). The Labute approximate surface area is 106 Å². The van der Waals surface area contributed by atoms with Crippen LogP contribution in [-0.2, 0) is 0 Å². The van der Waals surface area contributed by atoms with E-state index in [1.807, 2.05) is 18.2 Å². The minimum absolute atomic E-state index is 0.233. The number of aromatic amines is 1. The molecule has 0 radical (unpaired) electrons. The van der Waals surface area contributed by atoms with Crippen molar-refractivity contribution in [3.63, 3.8) is 0 Å². The molecule has 98 valence electrons. The summed E-state index contributed by atoms with van der Waals surface area (Å²) >= 11 is 0. The van der Waals surface area contributed by atoms with Crippen LogP contribution in [0.3, 0.4) is 0 Å². The smallest absolute Gasteiger partial charge is 0.201 e. The monoisotopic (exact) mass is 248 g/mol. The molecule has 0 aliphatic rings. The van der Waals surface area contributed by atoms with Gasteiger partial charge in [-0.2, -0.15) is 0 Å². The average Bonchev–Trinajstić information content (AvgIpc) is 2.76. The third-order valence-corrected chi connectivity index (χ3v) is 3.18. The van der Waals surface area contributed by atoms with Crippen LogP contribution in [0.25, 0.3) is 11.0 Å². The molecule has 0 fully saturated rings. The van der Waals surface area contributed by atoms with E-state index in [0.717, 1.165) is 42.1 Å². The number of nitrogens with two attached hydrogens (primary N) is 1. The lowest BCUT2D eigenvalue weighted by Gasteiger charge is -2.13. The zero-order valence-electron chi connectivity index (χ0n) is 10.6. The van der Waals surface area contributed by atoms with Crippen LogP contribution < -0.4 is 11.1 Å². The number of nitrogens with one attached hydrogen (secondary N) is 2. The Bertz CT molecular complexity index is 509. The van der Waals surface area contributed by atoms with Gasteiger partial charge in [0.1, 0.15) is 0 Å². The van der Waals surface area contributed by atoms with Crippen molar-refractivity contribution in [2.24, 2.45) is 5.92 Å². The minimum Gasteiger partial charge on any atom is -0.399 e. The first-order valence-corrected chi connectivity index (χ1v) is 6.33. The Morgan fingerprint density at radius 3 is 3.06 bits per heavy atom. The van der Waals surface area contributed by atoms with Crippen molar-refractivity contribution in [3.05, 3.63) is 18.2 Å². The molecule has 1 unspecified atom stereocenters. The Morgan fingerprint density at radius 1 is 1.50 bits per heavy atom. The van der Waals surface area contributed by atoms with Crippen molar-refractivity contribution in [1.29, 1.82) is 0 Å². The molecular formula is C13H20N4O. The van der Waals surface area contributed by atoms with Gasteiger partial charge in [0.2, 0.25) is 5.95 Å². The minimum atomic E-state index is 0.233. The molecule has 5 N–H and O–H groups in total. The molecule has 18 heavy (non-hydrogen) atoms. The van der Waals surface area contributed by atoms with Crippen LogP contribution in [0.1, 0.15) is 19.8 Å². The van der Waals surface area contributed by atoms with E-state index in [9.17, 15) is 0 Å². The largest absolute Gasteiger partial charge is 0.399 e. The lowest BCUT2D eigenvalue weighted by Crippen LogP contribution is -2.15. The van der Waals surface area contributed by atoms with Gasteiger partial charge in [0, 0.05) is 18.8 Å². The molecule has 0 aliphatic heterocycles. The number of hydrogen-bond donors (Lipinski definition) is 4. The van der Waals surface area contributed by atoms with Crippen LogP contribution in [0.5, 0.6) is 0 Å². The fraction of sp³-hybridized carbons (Fsp3) is 0.462. The van der Waals surface area contributed by atoms with E-state index >= 15 is 0 Å². The molecule has 0 saturated carbocycles. The molecule has 2 aromatic rings. The van der Waals surface area contributed by atoms with Gasteiger partial charge in [-0.05, 0) is 30.5 Å². The topological polar surface area (TPSA) is 87.0 Å². The number of benzene rings is 1.